The molecule has 0 atom stereocenters. The second-order valence-corrected chi connectivity index (χ2v) is 22.9. The van der Waals surface area contributed by atoms with Crippen LogP contribution < -0.4 is 8.85 Å². The van der Waals surface area contributed by atoms with Gasteiger partial charge in [0.05, 0.1) is 0 Å². The molecule has 0 saturated heterocycles. The fourth-order valence-corrected chi connectivity index (χ4v) is 6.03. The van der Waals surface area contributed by atoms with Gasteiger partial charge in [-0.3, -0.25) is 0 Å². The second-order valence-electron chi connectivity index (χ2n) is 13.4. The molecule has 188 valence electrons. The molecule has 0 N–H and O–H groups in total. The summed E-state index contributed by atoms with van der Waals surface area (Å²) in [7, 11) is -4.41. The van der Waals surface area contributed by atoms with Crippen LogP contribution >= 0.6 is 0 Å². The van der Waals surface area contributed by atoms with Crippen molar-refractivity contribution in [2.45, 2.75) is 103 Å². The van der Waals surface area contributed by atoms with Gasteiger partial charge in [-0.2, -0.15) is 0 Å². The van der Waals surface area contributed by atoms with E-state index in [-0.39, 0.29) is 21.7 Å². The summed E-state index contributed by atoms with van der Waals surface area (Å²) in [4.78, 5) is 0. The highest BCUT2D eigenvalue weighted by Gasteiger charge is 2.42. The first kappa shape index (κ1) is 26.9. The molecule has 0 amide bonds. The van der Waals surface area contributed by atoms with Gasteiger partial charge in [0.25, 0.3) is 16.6 Å². The first-order valence-electron chi connectivity index (χ1n) is 12.2. The zero-order valence-electron chi connectivity index (χ0n) is 23.1. The van der Waals surface area contributed by atoms with Gasteiger partial charge < -0.3 is 8.85 Å². The van der Waals surface area contributed by atoms with Crippen molar-refractivity contribution in [1.82, 2.24) is 0 Å². The average molecular weight is 505 g/mol. The van der Waals surface area contributed by atoms with Crippen LogP contribution in [0, 0.1) is 11.6 Å². The number of benzene rings is 2. The number of hydrogen-bond acceptors (Lipinski definition) is 2. The Balaban J connectivity index is 2.08. The molecule has 0 aliphatic heterocycles. The predicted molar refractivity (Wildman–Crippen MR) is 143 cm³/mol. The highest BCUT2D eigenvalue weighted by Crippen LogP contribution is 2.47. The highest BCUT2D eigenvalue weighted by atomic mass is 28.4. The Morgan fingerprint density at radius 2 is 1.00 bits per heavy atom. The van der Waals surface area contributed by atoms with E-state index in [9.17, 15) is 0 Å². The molecule has 6 heteroatoms. The second kappa shape index (κ2) is 8.19. The average Bonchev–Trinajstić information content (AvgIpc) is 2.62. The molecule has 2 aromatic rings. The lowest BCUT2D eigenvalue weighted by molar-refractivity contribution is 0.448. The monoisotopic (exact) mass is 504 g/mol. The molecule has 0 unspecified atom stereocenters. The lowest BCUT2D eigenvalue weighted by Gasteiger charge is -2.40. The summed E-state index contributed by atoms with van der Waals surface area (Å²) < 4.78 is 43.1. The Bertz CT molecular complexity index is 1020. The first-order chi connectivity index (χ1) is 15.2. The summed E-state index contributed by atoms with van der Waals surface area (Å²) >= 11 is 0. The largest absolute Gasteiger partial charge is 0.542 e. The third kappa shape index (κ3) is 4.72. The molecule has 0 heterocycles. The zero-order chi connectivity index (χ0) is 26.1. The van der Waals surface area contributed by atoms with Crippen molar-refractivity contribution in [2.75, 3.05) is 0 Å². The molecule has 1 aliphatic rings. The summed E-state index contributed by atoms with van der Waals surface area (Å²) in [5, 5.41) is -0.0735. The molecule has 0 saturated carbocycles. The number of hydrogen-bond donors (Lipinski definition) is 0. The van der Waals surface area contributed by atoms with E-state index < -0.39 is 22.0 Å². The summed E-state index contributed by atoms with van der Waals surface area (Å²) in [6, 6.07) is 6.93. The Labute approximate surface area is 207 Å². The van der Waals surface area contributed by atoms with Gasteiger partial charge in [0.2, 0.25) is 0 Å². The van der Waals surface area contributed by atoms with Gasteiger partial charge in [-0.05, 0) is 89.2 Å². The van der Waals surface area contributed by atoms with Crippen LogP contribution in [0.2, 0.25) is 36.3 Å². The maximum atomic E-state index is 15.2. The first-order valence-corrected chi connectivity index (χ1v) is 18.0. The van der Waals surface area contributed by atoms with Gasteiger partial charge >= 0.3 is 0 Å². The summed E-state index contributed by atoms with van der Waals surface area (Å²) in [6.45, 7) is 25.6. The fraction of sp³-hybridized carbons (Fsp3) is 0.571. The molecule has 0 spiro atoms. The lowest BCUT2D eigenvalue weighted by atomic mass is 9.69. The minimum absolute atomic E-state index is 0.0367. The fourth-order valence-electron chi connectivity index (χ4n) is 4.01. The highest BCUT2D eigenvalue weighted by molar-refractivity contribution is 6.75. The quantitative estimate of drug-likeness (QED) is 0.387. The SMILES string of the molecule is CC1(C)c2cc(O[Si](C)(C)C(C)(C)C)c(F)cc2Cc2cc(F)c(O[Si](C)(C)C(C)(C)C)cc21. The van der Waals surface area contributed by atoms with E-state index in [0.29, 0.717) is 17.9 Å². The molecule has 1 aliphatic carbocycles. The summed E-state index contributed by atoms with van der Waals surface area (Å²) in [6.07, 6.45) is 0.489. The van der Waals surface area contributed by atoms with E-state index in [1.54, 1.807) is 12.1 Å². The minimum atomic E-state index is -2.21. The molecule has 0 aromatic heterocycles. The third-order valence-corrected chi connectivity index (χ3v) is 17.1. The van der Waals surface area contributed by atoms with Crippen molar-refractivity contribution >= 4 is 16.6 Å². The number of rotatable bonds is 4. The van der Waals surface area contributed by atoms with E-state index in [4.69, 9.17) is 8.85 Å². The van der Waals surface area contributed by atoms with Crippen LogP contribution in [0.5, 0.6) is 11.5 Å². The Hall–Kier alpha value is -1.67. The lowest BCUT2D eigenvalue weighted by Crippen LogP contribution is -2.44. The van der Waals surface area contributed by atoms with Gasteiger partial charge in [-0.1, -0.05) is 55.4 Å². The van der Waals surface area contributed by atoms with Crippen molar-refractivity contribution in [3.63, 3.8) is 0 Å². The van der Waals surface area contributed by atoms with Gasteiger partial charge in [0.15, 0.2) is 11.6 Å². The molecule has 2 nitrogen and oxygen atoms in total. The van der Waals surface area contributed by atoms with Crippen molar-refractivity contribution < 1.29 is 17.6 Å². The Kier molecular flexibility index (Phi) is 6.49. The molecule has 0 radical (unpaired) electrons. The zero-order valence-corrected chi connectivity index (χ0v) is 25.1. The van der Waals surface area contributed by atoms with E-state index >= 15 is 8.78 Å². The van der Waals surface area contributed by atoms with Crippen molar-refractivity contribution in [2.24, 2.45) is 0 Å². The molecular formula is C28H42F2O2Si2. The molecular weight excluding hydrogens is 462 g/mol. The smallest absolute Gasteiger partial charge is 0.250 e. The van der Waals surface area contributed by atoms with E-state index in [1.807, 2.05) is 12.1 Å². The molecule has 2 aromatic carbocycles. The van der Waals surface area contributed by atoms with Gasteiger partial charge in [0, 0.05) is 5.41 Å². The van der Waals surface area contributed by atoms with Gasteiger partial charge in [0.1, 0.15) is 11.5 Å². The predicted octanol–water partition coefficient (Wildman–Crippen LogP) is 8.96. The molecule has 34 heavy (non-hydrogen) atoms. The molecule has 3 rings (SSSR count). The van der Waals surface area contributed by atoms with E-state index in [1.165, 1.54) is 0 Å². The Morgan fingerprint density at radius 1 is 0.676 bits per heavy atom. The van der Waals surface area contributed by atoms with Gasteiger partial charge in [-0.15, -0.1) is 0 Å². The standard InChI is InChI=1S/C28H42F2O2Si2/c1-26(2,3)33(9,10)31-24-16-20-18(14-22(24)29)13-19-15-23(30)25(17-21(19)28(20,7)8)32-34(11,12)27(4,5)6/h14-17H,13H2,1-12H3. The number of fused-ring (bicyclic) bond motifs is 2. The van der Waals surface area contributed by atoms with Crippen LogP contribution in [-0.4, -0.2) is 16.6 Å². The number of halogens is 2. The van der Waals surface area contributed by atoms with Gasteiger partial charge in [-0.25, -0.2) is 8.78 Å². The van der Waals surface area contributed by atoms with Crippen LogP contribution in [0.3, 0.4) is 0 Å². The van der Waals surface area contributed by atoms with Crippen molar-refractivity contribution in [1.29, 1.82) is 0 Å². The molecule has 0 bridgehead atoms. The topological polar surface area (TPSA) is 18.5 Å². The normalized spacial score (nSPS) is 16.1. The van der Waals surface area contributed by atoms with Crippen LogP contribution in [0.15, 0.2) is 24.3 Å². The third-order valence-electron chi connectivity index (χ3n) is 8.39. The van der Waals surface area contributed by atoms with Crippen molar-refractivity contribution in [3.05, 3.63) is 58.2 Å². The van der Waals surface area contributed by atoms with Crippen molar-refractivity contribution in [3.8, 4) is 11.5 Å². The summed E-state index contributed by atoms with van der Waals surface area (Å²) in [5.41, 5.74) is 3.38. The molecule has 0 fully saturated rings. The Morgan fingerprint density at radius 3 is 1.29 bits per heavy atom. The van der Waals surface area contributed by atoms with Crippen LogP contribution in [-0.2, 0) is 11.8 Å². The van der Waals surface area contributed by atoms with Crippen LogP contribution in [0.25, 0.3) is 0 Å². The maximum absolute atomic E-state index is 15.2. The summed E-state index contributed by atoms with van der Waals surface area (Å²) in [5.74, 6) is -0.0502. The van der Waals surface area contributed by atoms with Crippen LogP contribution in [0.4, 0.5) is 8.78 Å². The van der Waals surface area contributed by atoms with E-state index in [0.717, 1.165) is 22.3 Å². The maximum Gasteiger partial charge on any atom is 0.250 e. The van der Waals surface area contributed by atoms with E-state index in [2.05, 4.69) is 81.6 Å². The van der Waals surface area contributed by atoms with Crippen LogP contribution in [0.1, 0.15) is 77.6 Å². The minimum Gasteiger partial charge on any atom is -0.542 e.